The van der Waals surface area contributed by atoms with E-state index in [1.165, 1.54) is 0 Å². The van der Waals surface area contributed by atoms with Gasteiger partial charge in [-0.15, -0.1) is 6.58 Å². The minimum Gasteiger partial charge on any atom is -0.361 e. The molecule has 0 aromatic carbocycles. The molecule has 0 aromatic rings. The molecule has 3 nitrogen and oxygen atoms in total. The molecule has 0 saturated heterocycles. The molecule has 1 radical (unpaired) electrons. The van der Waals surface area contributed by atoms with Gasteiger partial charge >= 0.3 is 0 Å². The van der Waals surface area contributed by atoms with Gasteiger partial charge < -0.3 is 15.0 Å². The van der Waals surface area contributed by atoms with Crippen molar-refractivity contribution in [3.63, 3.8) is 0 Å². The molecule has 12 heavy (non-hydrogen) atoms. The molecule has 0 aliphatic heterocycles. The first-order valence-corrected chi connectivity index (χ1v) is 4.01. The second-order valence-electron chi connectivity index (χ2n) is 2.68. The molecule has 0 spiro atoms. The highest BCUT2D eigenvalue weighted by Gasteiger charge is 2.15. The van der Waals surface area contributed by atoms with E-state index in [1.54, 1.807) is 6.08 Å². The van der Waals surface area contributed by atoms with Gasteiger partial charge in [0.15, 0.2) is 0 Å². The van der Waals surface area contributed by atoms with E-state index in [0.29, 0.717) is 25.7 Å². The molecule has 0 aromatic heterocycles. The molecular weight excluding hydrogens is 156 g/mol. The van der Waals surface area contributed by atoms with Crippen molar-refractivity contribution in [2.24, 2.45) is 5.92 Å². The Morgan fingerprint density at radius 2 is 2.17 bits per heavy atom. The van der Waals surface area contributed by atoms with Gasteiger partial charge in [0.2, 0.25) is 6.29 Å². The number of carbonyl (C=O) groups is 1. The fourth-order valence-electron chi connectivity index (χ4n) is 1.00. The van der Waals surface area contributed by atoms with Crippen LogP contribution in [0.5, 0.6) is 0 Å². The molecule has 0 heterocycles. The molecule has 3 heteroatoms. The quantitative estimate of drug-likeness (QED) is 0.349. The lowest BCUT2D eigenvalue weighted by molar-refractivity contribution is -0.108. The molecule has 0 aliphatic rings. The Morgan fingerprint density at radius 1 is 1.50 bits per heavy atom. The van der Waals surface area contributed by atoms with Crippen molar-refractivity contribution < 1.29 is 15.0 Å². The number of unbranched alkanes of at least 4 members (excludes halogenated alkanes) is 1. The maximum Gasteiger partial charge on any atom is 0.221 e. The van der Waals surface area contributed by atoms with Crippen LogP contribution in [0.15, 0.2) is 12.7 Å². The first-order chi connectivity index (χ1) is 5.72. The number of aldehydes is 1. The summed E-state index contributed by atoms with van der Waals surface area (Å²) < 4.78 is 0. The molecule has 0 aliphatic carbocycles. The zero-order valence-corrected chi connectivity index (χ0v) is 7.07. The molecule has 0 saturated carbocycles. The summed E-state index contributed by atoms with van der Waals surface area (Å²) in [6.07, 6.45) is 4.24. The first kappa shape index (κ1) is 11.3. The van der Waals surface area contributed by atoms with Crippen molar-refractivity contribution >= 4 is 6.29 Å². The van der Waals surface area contributed by atoms with Crippen LogP contribution in [0.25, 0.3) is 0 Å². The number of carbonyl (C=O) groups excluding carboxylic acids is 1. The van der Waals surface area contributed by atoms with Crippen molar-refractivity contribution in [2.75, 3.05) is 0 Å². The third kappa shape index (κ3) is 5.04. The van der Waals surface area contributed by atoms with E-state index < -0.39 is 6.29 Å². The SMILES string of the molecule is C=CCC(CCCC=O)[C](O)O. The van der Waals surface area contributed by atoms with Crippen molar-refractivity contribution in [2.45, 2.75) is 25.7 Å². The van der Waals surface area contributed by atoms with Gasteiger partial charge in [0, 0.05) is 12.3 Å². The van der Waals surface area contributed by atoms with Crippen LogP contribution in [0.3, 0.4) is 0 Å². The lowest BCUT2D eigenvalue weighted by atomic mass is 9.98. The first-order valence-electron chi connectivity index (χ1n) is 4.01. The summed E-state index contributed by atoms with van der Waals surface area (Å²) >= 11 is 0. The van der Waals surface area contributed by atoms with Gasteiger partial charge in [-0.05, 0) is 19.3 Å². The minimum absolute atomic E-state index is 0.262. The monoisotopic (exact) mass is 171 g/mol. The summed E-state index contributed by atoms with van der Waals surface area (Å²) in [7, 11) is 0. The lowest BCUT2D eigenvalue weighted by Crippen LogP contribution is -2.10. The molecule has 0 amide bonds. The summed E-state index contributed by atoms with van der Waals surface area (Å²) in [5.74, 6) is -0.262. The van der Waals surface area contributed by atoms with Gasteiger partial charge in [-0.25, -0.2) is 0 Å². The smallest absolute Gasteiger partial charge is 0.221 e. The number of rotatable bonds is 7. The number of aliphatic hydroxyl groups is 2. The van der Waals surface area contributed by atoms with Gasteiger partial charge in [-0.2, -0.15) is 0 Å². The average molecular weight is 171 g/mol. The third-order valence-corrected chi connectivity index (χ3v) is 1.69. The van der Waals surface area contributed by atoms with Crippen LogP contribution in [0, 0.1) is 12.2 Å². The Bertz CT molecular complexity index is 132. The van der Waals surface area contributed by atoms with Crippen molar-refractivity contribution in [1.82, 2.24) is 0 Å². The van der Waals surface area contributed by atoms with E-state index in [1.807, 2.05) is 0 Å². The van der Waals surface area contributed by atoms with Crippen LogP contribution in [0.4, 0.5) is 0 Å². The lowest BCUT2D eigenvalue weighted by Gasteiger charge is -2.14. The number of hydrogen-bond donors (Lipinski definition) is 2. The minimum atomic E-state index is -0.555. The highest BCUT2D eigenvalue weighted by Crippen LogP contribution is 2.19. The molecular formula is C9H15O3. The van der Waals surface area contributed by atoms with E-state index in [0.717, 1.165) is 6.29 Å². The molecule has 0 rings (SSSR count). The summed E-state index contributed by atoms with van der Waals surface area (Å²) in [4.78, 5) is 9.96. The van der Waals surface area contributed by atoms with Gasteiger partial charge in [0.25, 0.3) is 0 Å². The van der Waals surface area contributed by atoms with Crippen LogP contribution in [-0.4, -0.2) is 16.5 Å². The van der Waals surface area contributed by atoms with E-state index in [9.17, 15) is 4.79 Å². The fraction of sp³-hybridized carbons (Fsp3) is 0.556. The summed E-state index contributed by atoms with van der Waals surface area (Å²) in [6.45, 7) is 3.51. The van der Waals surface area contributed by atoms with Gasteiger partial charge in [0.05, 0.1) is 0 Å². The summed E-state index contributed by atoms with van der Waals surface area (Å²) in [5, 5.41) is 17.6. The summed E-state index contributed by atoms with van der Waals surface area (Å²) in [6, 6.07) is 0. The van der Waals surface area contributed by atoms with Gasteiger partial charge in [0.1, 0.15) is 6.29 Å². The average Bonchev–Trinajstić information content (AvgIpc) is 2.03. The van der Waals surface area contributed by atoms with E-state index in [-0.39, 0.29) is 5.92 Å². The Hall–Kier alpha value is -0.670. The molecule has 69 valence electrons. The Kier molecular flexibility index (Phi) is 6.61. The third-order valence-electron chi connectivity index (χ3n) is 1.69. The van der Waals surface area contributed by atoms with Gasteiger partial charge in [-0.3, -0.25) is 0 Å². The van der Waals surface area contributed by atoms with Crippen LogP contribution < -0.4 is 0 Å². The van der Waals surface area contributed by atoms with Gasteiger partial charge in [-0.1, -0.05) is 6.08 Å². The van der Waals surface area contributed by atoms with Crippen LogP contribution in [-0.2, 0) is 4.79 Å². The molecule has 0 bridgehead atoms. The predicted octanol–water partition coefficient (Wildman–Crippen LogP) is 1.78. The van der Waals surface area contributed by atoms with E-state index in [4.69, 9.17) is 10.2 Å². The molecule has 0 fully saturated rings. The Balaban J connectivity index is 3.62. The molecule has 2 N–H and O–H groups in total. The number of aliphatic hydroxyl groups excluding tert-OH is 1. The zero-order valence-electron chi connectivity index (χ0n) is 7.07. The largest absolute Gasteiger partial charge is 0.361 e. The zero-order chi connectivity index (χ0) is 9.40. The standard InChI is InChI=1S/C9H15O3/c1-2-5-8(9(11)12)6-3-4-7-10/h2,7-8,11-12H,1,3-6H2. The maximum absolute atomic E-state index is 9.96. The summed E-state index contributed by atoms with van der Waals surface area (Å²) in [5.41, 5.74) is 0. The van der Waals surface area contributed by atoms with E-state index in [2.05, 4.69) is 6.58 Å². The molecule has 1 unspecified atom stereocenters. The normalized spacial score (nSPS) is 12.9. The highest BCUT2D eigenvalue weighted by molar-refractivity contribution is 5.48. The number of hydrogen-bond acceptors (Lipinski definition) is 3. The van der Waals surface area contributed by atoms with Crippen molar-refractivity contribution in [1.29, 1.82) is 0 Å². The molecule has 1 atom stereocenters. The van der Waals surface area contributed by atoms with Crippen molar-refractivity contribution in [3.8, 4) is 0 Å². The second-order valence-corrected chi connectivity index (χ2v) is 2.68. The van der Waals surface area contributed by atoms with Crippen LogP contribution in [0.2, 0.25) is 0 Å². The van der Waals surface area contributed by atoms with Crippen LogP contribution >= 0.6 is 0 Å². The Morgan fingerprint density at radius 3 is 2.58 bits per heavy atom. The fourth-order valence-corrected chi connectivity index (χ4v) is 1.00. The van der Waals surface area contributed by atoms with E-state index >= 15 is 0 Å². The number of allylic oxidation sites excluding steroid dienone is 1. The second kappa shape index (κ2) is 7.00. The van der Waals surface area contributed by atoms with Crippen molar-refractivity contribution in [3.05, 3.63) is 18.9 Å². The van der Waals surface area contributed by atoms with Crippen LogP contribution in [0.1, 0.15) is 25.7 Å². The predicted molar refractivity (Wildman–Crippen MR) is 45.3 cm³/mol. The maximum atomic E-state index is 9.96. The topological polar surface area (TPSA) is 57.5 Å². The highest BCUT2D eigenvalue weighted by atomic mass is 16.5. The Labute approximate surface area is 72.7 Å².